The van der Waals surface area contributed by atoms with E-state index in [1.54, 1.807) is 20.0 Å². The van der Waals surface area contributed by atoms with E-state index in [2.05, 4.69) is 15.4 Å². The number of methoxy groups -OCH3 is 1. The molecule has 0 aromatic heterocycles. The van der Waals surface area contributed by atoms with Crippen molar-refractivity contribution in [2.24, 2.45) is 0 Å². The SMILES string of the molecule is CNC(=O)C(C)NCc1ccc(C(=O)OC)c(F)c1. The van der Waals surface area contributed by atoms with Gasteiger partial charge in [0, 0.05) is 13.6 Å². The number of rotatable bonds is 5. The molecule has 0 fully saturated rings. The van der Waals surface area contributed by atoms with E-state index in [4.69, 9.17) is 0 Å². The van der Waals surface area contributed by atoms with Gasteiger partial charge in [0.15, 0.2) is 0 Å². The Bertz CT molecular complexity index is 477. The Morgan fingerprint density at radius 3 is 2.63 bits per heavy atom. The number of carbonyl (C=O) groups is 2. The highest BCUT2D eigenvalue weighted by Crippen LogP contribution is 2.11. The van der Waals surface area contributed by atoms with Gasteiger partial charge in [-0.25, -0.2) is 9.18 Å². The van der Waals surface area contributed by atoms with E-state index in [1.807, 2.05) is 0 Å². The zero-order chi connectivity index (χ0) is 14.4. The Hall–Kier alpha value is -1.95. The minimum Gasteiger partial charge on any atom is -0.465 e. The first kappa shape index (κ1) is 15.1. The van der Waals surface area contributed by atoms with Gasteiger partial charge in [-0.05, 0) is 24.6 Å². The molecule has 1 unspecified atom stereocenters. The minimum atomic E-state index is -0.712. The van der Waals surface area contributed by atoms with E-state index in [-0.39, 0.29) is 17.5 Å². The molecule has 1 aromatic rings. The molecule has 0 saturated heterocycles. The van der Waals surface area contributed by atoms with E-state index >= 15 is 0 Å². The Labute approximate surface area is 111 Å². The second-order valence-electron chi connectivity index (χ2n) is 4.02. The minimum absolute atomic E-state index is 0.106. The van der Waals surface area contributed by atoms with Crippen LogP contribution in [0.3, 0.4) is 0 Å². The molecular weight excluding hydrogens is 251 g/mol. The fourth-order valence-corrected chi connectivity index (χ4v) is 1.52. The summed E-state index contributed by atoms with van der Waals surface area (Å²) in [6.07, 6.45) is 0. The molecule has 0 radical (unpaired) electrons. The second kappa shape index (κ2) is 6.84. The normalized spacial score (nSPS) is 11.8. The third-order valence-electron chi connectivity index (χ3n) is 2.69. The molecule has 0 saturated carbocycles. The maximum absolute atomic E-state index is 13.6. The third kappa shape index (κ3) is 4.03. The molecular formula is C13H17FN2O3. The smallest absolute Gasteiger partial charge is 0.340 e. The summed E-state index contributed by atoms with van der Waals surface area (Å²) in [6.45, 7) is 2.03. The van der Waals surface area contributed by atoms with Crippen LogP contribution < -0.4 is 10.6 Å². The lowest BCUT2D eigenvalue weighted by Gasteiger charge is -2.12. The van der Waals surface area contributed by atoms with Crippen molar-refractivity contribution in [2.75, 3.05) is 14.2 Å². The van der Waals surface area contributed by atoms with Crippen LogP contribution in [0.5, 0.6) is 0 Å². The quantitative estimate of drug-likeness (QED) is 0.776. The molecule has 0 spiro atoms. The fraction of sp³-hybridized carbons (Fsp3) is 0.385. The maximum atomic E-state index is 13.6. The molecule has 1 amide bonds. The maximum Gasteiger partial charge on any atom is 0.340 e. The van der Waals surface area contributed by atoms with Crippen LogP contribution in [-0.4, -0.2) is 32.1 Å². The number of benzene rings is 1. The lowest BCUT2D eigenvalue weighted by molar-refractivity contribution is -0.122. The average Bonchev–Trinajstić information content (AvgIpc) is 2.43. The van der Waals surface area contributed by atoms with Crippen molar-refractivity contribution < 1.29 is 18.7 Å². The molecule has 1 rings (SSSR count). The molecule has 104 valence electrons. The lowest BCUT2D eigenvalue weighted by Crippen LogP contribution is -2.40. The number of hydrogen-bond acceptors (Lipinski definition) is 4. The molecule has 0 aliphatic rings. The Balaban J connectivity index is 2.69. The summed E-state index contributed by atoms with van der Waals surface area (Å²) in [7, 11) is 2.74. The second-order valence-corrected chi connectivity index (χ2v) is 4.02. The standard InChI is InChI=1S/C13H17FN2O3/c1-8(12(17)15-2)16-7-9-4-5-10(11(14)6-9)13(18)19-3/h4-6,8,16H,7H2,1-3H3,(H,15,17). The van der Waals surface area contributed by atoms with Gasteiger partial charge in [-0.1, -0.05) is 6.07 Å². The highest BCUT2D eigenvalue weighted by atomic mass is 19.1. The number of nitrogens with one attached hydrogen (secondary N) is 2. The number of halogens is 1. The number of esters is 1. The van der Waals surface area contributed by atoms with Crippen LogP contribution in [0.2, 0.25) is 0 Å². The summed E-state index contributed by atoms with van der Waals surface area (Å²) < 4.78 is 18.1. The number of ether oxygens (including phenoxy) is 1. The van der Waals surface area contributed by atoms with Crippen LogP contribution in [0.4, 0.5) is 4.39 Å². The van der Waals surface area contributed by atoms with Crippen LogP contribution in [0.25, 0.3) is 0 Å². The molecule has 0 bridgehead atoms. The van der Waals surface area contributed by atoms with Crippen LogP contribution in [0, 0.1) is 5.82 Å². The monoisotopic (exact) mass is 268 g/mol. The number of amides is 1. The van der Waals surface area contributed by atoms with E-state index in [1.165, 1.54) is 19.2 Å². The van der Waals surface area contributed by atoms with Gasteiger partial charge in [0.1, 0.15) is 5.82 Å². The molecule has 0 aliphatic carbocycles. The first-order valence-electron chi connectivity index (χ1n) is 5.81. The molecule has 5 nitrogen and oxygen atoms in total. The molecule has 19 heavy (non-hydrogen) atoms. The van der Waals surface area contributed by atoms with Gasteiger partial charge in [-0.3, -0.25) is 4.79 Å². The number of hydrogen-bond donors (Lipinski definition) is 2. The predicted octanol–water partition coefficient (Wildman–Crippen LogP) is 0.836. The van der Waals surface area contributed by atoms with Gasteiger partial charge in [0.25, 0.3) is 0 Å². The van der Waals surface area contributed by atoms with Gasteiger partial charge in [0.2, 0.25) is 5.91 Å². The van der Waals surface area contributed by atoms with E-state index in [9.17, 15) is 14.0 Å². The zero-order valence-corrected chi connectivity index (χ0v) is 11.1. The van der Waals surface area contributed by atoms with Crippen molar-refractivity contribution in [1.29, 1.82) is 0 Å². The highest BCUT2D eigenvalue weighted by molar-refractivity contribution is 5.89. The van der Waals surface area contributed by atoms with Crippen LogP contribution in [0.1, 0.15) is 22.8 Å². The largest absolute Gasteiger partial charge is 0.465 e. The van der Waals surface area contributed by atoms with Gasteiger partial charge in [0.05, 0.1) is 18.7 Å². The Kier molecular flexibility index (Phi) is 5.44. The van der Waals surface area contributed by atoms with Gasteiger partial charge < -0.3 is 15.4 Å². The van der Waals surface area contributed by atoms with Crippen molar-refractivity contribution in [3.05, 3.63) is 35.1 Å². The zero-order valence-electron chi connectivity index (χ0n) is 11.1. The molecule has 0 aliphatic heterocycles. The van der Waals surface area contributed by atoms with Crippen molar-refractivity contribution in [2.45, 2.75) is 19.5 Å². The van der Waals surface area contributed by atoms with Crippen LogP contribution in [-0.2, 0) is 16.1 Å². The summed E-state index contributed by atoms with van der Waals surface area (Å²) in [6, 6.07) is 3.84. The topological polar surface area (TPSA) is 67.4 Å². The molecule has 6 heteroatoms. The first-order chi connectivity index (χ1) is 8.99. The average molecular weight is 268 g/mol. The van der Waals surface area contributed by atoms with Gasteiger partial charge in [-0.2, -0.15) is 0 Å². The molecule has 2 N–H and O–H groups in total. The third-order valence-corrected chi connectivity index (χ3v) is 2.69. The Morgan fingerprint density at radius 2 is 2.11 bits per heavy atom. The van der Waals surface area contributed by atoms with E-state index in [0.29, 0.717) is 12.1 Å². The van der Waals surface area contributed by atoms with Gasteiger partial charge >= 0.3 is 5.97 Å². The summed E-state index contributed by atoms with van der Waals surface area (Å²) in [5, 5.41) is 5.45. The van der Waals surface area contributed by atoms with Crippen molar-refractivity contribution in [1.82, 2.24) is 10.6 Å². The summed E-state index contributed by atoms with van der Waals surface area (Å²) >= 11 is 0. The Morgan fingerprint density at radius 1 is 1.42 bits per heavy atom. The molecule has 0 heterocycles. The lowest BCUT2D eigenvalue weighted by atomic mass is 10.1. The summed E-state index contributed by atoms with van der Waals surface area (Å²) in [5.74, 6) is -1.50. The molecule has 1 aromatic carbocycles. The number of likely N-dealkylation sites (N-methyl/N-ethyl adjacent to an activating group) is 1. The van der Waals surface area contributed by atoms with Crippen LogP contribution >= 0.6 is 0 Å². The van der Waals surface area contributed by atoms with Crippen LogP contribution in [0.15, 0.2) is 18.2 Å². The number of carbonyl (C=O) groups excluding carboxylic acids is 2. The van der Waals surface area contributed by atoms with E-state index < -0.39 is 11.8 Å². The summed E-state index contributed by atoms with van der Waals surface area (Å²) in [4.78, 5) is 22.5. The highest BCUT2D eigenvalue weighted by Gasteiger charge is 2.13. The van der Waals surface area contributed by atoms with Gasteiger partial charge in [-0.15, -0.1) is 0 Å². The predicted molar refractivity (Wildman–Crippen MR) is 68.1 cm³/mol. The molecule has 1 atom stereocenters. The van der Waals surface area contributed by atoms with Crippen molar-refractivity contribution >= 4 is 11.9 Å². The first-order valence-corrected chi connectivity index (χ1v) is 5.81. The van der Waals surface area contributed by atoms with Crippen molar-refractivity contribution in [3.63, 3.8) is 0 Å². The summed E-state index contributed by atoms with van der Waals surface area (Å²) in [5.41, 5.74) is 0.534. The van der Waals surface area contributed by atoms with Crippen molar-refractivity contribution in [3.8, 4) is 0 Å². The fourth-order valence-electron chi connectivity index (χ4n) is 1.52. The van der Waals surface area contributed by atoms with E-state index in [0.717, 1.165) is 0 Å².